The number of aliphatic hydroxyl groups is 1. The minimum atomic E-state index is 0.135. The molecule has 1 aromatic heterocycles. The molecule has 0 bridgehead atoms. The van der Waals surface area contributed by atoms with Gasteiger partial charge in [0.1, 0.15) is 0 Å². The Hall–Kier alpha value is -0.970. The van der Waals surface area contributed by atoms with Crippen LogP contribution in [-0.2, 0) is 0 Å². The molecule has 1 rings (SSSR count). The van der Waals surface area contributed by atoms with Crippen LogP contribution in [-0.4, -0.2) is 41.7 Å². The lowest BCUT2D eigenvalue weighted by Crippen LogP contribution is -2.32. The Labute approximate surface area is 84.4 Å². The third kappa shape index (κ3) is 2.77. The van der Waals surface area contributed by atoms with Crippen LogP contribution in [0.25, 0.3) is 0 Å². The molecule has 0 amide bonds. The Kier molecular flexibility index (Phi) is 4.52. The van der Waals surface area contributed by atoms with Crippen molar-refractivity contribution in [2.24, 2.45) is 5.73 Å². The van der Waals surface area contributed by atoms with Crippen molar-refractivity contribution in [3.05, 3.63) is 30.1 Å². The van der Waals surface area contributed by atoms with E-state index in [-0.39, 0.29) is 12.6 Å². The molecule has 0 saturated heterocycles. The lowest BCUT2D eigenvalue weighted by Gasteiger charge is -2.26. The van der Waals surface area contributed by atoms with Gasteiger partial charge in [0.15, 0.2) is 0 Å². The third-order valence-electron chi connectivity index (χ3n) is 2.28. The van der Waals surface area contributed by atoms with Gasteiger partial charge in [-0.3, -0.25) is 9.88 Å². The van der Waals surface area contributed by atoms with Gasteiger partial charge < -0.3 is 10.8 Å². The van der Waals surface area contributed by atoms with Crippen molar-refractivity contribution in [3.8, 4) is 0 Å². The van der Waals surface area contributed by atoms with E-state index in [0.717, 1.165) is 5.56 Å². The summed E-state index contributed by atoms with van der Waals surface area (Å²) in [5.41, 5.74) is 6.77. The molecule has 0 aromatic carbocycles. The highest BCUT2D eigenvalue weighted by Gasteiger charge is 2.14. The van der Waals surface area contributed by atoms with Gasteiger partial charge in [-0.05, 0) is 18.7 Å². The maximum atomic E-state index is 8.83. The van der Waals surface area contributed by atoms with Crippen molar-refractivity contribution in [1.29, 1.82) is 0 Å². The fourth-order valence-corrected chi connectivity index (χ4v) is 1.46. The maximum Gasteiger partial charge on any atom is 0.0558 e. The fraction of sp³-hybridized carbons (Fsp3) is 0.500. The Morgan fingerprint density at radius 3 is 2.93 bits per heavy atom. The van der Waals surface area contributed by atoms with Gasteiger partial charge in [0.05, 0.1) is 6.61 Å². The van der Waals surface area contributed by atoms with Gasteiger partial charge in [0.2, 0.25) is 0 Å². The van der Waals surface area contributed by atoms with Crippen LogP contribution in [0.5, 0.6) is 0 Å². The predicted molar refractivity (Wildman–Crippen MR) is 55.7 cm³/mol. The van der Waals surface area contributed by atoms with Crippen molar-refractivity contribution in [1.82, 2.24) is 9.88 Å². The summed E-state index contributed by atoms with van der Waals surface area (Å²) in [4.78, 5) is 6.08. The van der Waals surface area contributed by atoms with Gasteiger partial charge in [-0.2, -0.15) is 0 Å². The standard InChI is InChI=1S/C10H17N3O/c1-13(5-6-14)10(7-11)9-3-2-4-12-8-9/h2-4,8,10,14H,5-7,11H2,1H3. The fourth-order valence-electron chi connectivity index (χ4n) is 1.46. The molecule has 1 atom stereocenters. The van der Waals surface area contributed by atoms with E-state index in [1.54, 1.807) is 6.20 Å². The van der Waals surface area contributed by atoms with Crippen molar-refractivity contribution in [3.63, 3.8) is 0 Å². The first-order valence-corrected chi connectivity index (χ1v) is 4.70. The summed E-state index contributed by atoms with van der Waals surface area (Å²) < 4.78 is 0. The second kappa shape index (κ2) is 5.70. The maximum absolute atomic E-state index is 8.83. The van der Waals surface area contributed by atoms with Crippen LogP contribution in [0.3, 0.4) is 0 Å². The number of nitrogens with two attached hydrogens (primary N) is 1. The molecule has 4 nitrogen and oxygen atoms in total. The van der Waals surface area contributed by atoms with Gasteiger partial charge in [0.25, 0.3) is 0 Å². The summed E-state index contributed by atoms with van der Waals surface area (Å²) in [6.07, 6.45) is 3.55. The number of aliphatic hydroxyl groups excluding tert-OH is 1. The molecular formula is C10H17N3O. The molecule has 4 heteroatoms. The first kappa shape index (κ1) is 11.1. The first-order chi connectivity index (χ1) is 6.79. The minimum absolute atomic E-state index is 0.135. The van der Waals surface area contributed by atoms with Crippen molar-refractivity contribution >= 4 is 0 Å². The molecule has 0 fully saturated rings. The normalized spacial score (nSPS) is 13.1. The van der Waals surface area contributed by atoms with E-state index in [2.05, 4.69) is 4.98 Å². The quantitative estimate of drug-likeness (QED) is 0.694. The smallest absolute Gasteiger partial charge is 0.0558 e. The lowest BCUT2D eigenvalue weighted by molar-refractivity contribution is 0.183. The highest BCUT2D eigenvalue weighted by molar-refractivity contribution is 5.14. The van der Waals surface area contributed by atoms with Crippen LogP contribution >= 0.6 is 0 Å². The molecule has 78 valence electrons. The molecule has 0 spiro atoms. The highest BCUT2D eigenvalue weighted by atomic mass is 16.3. The molecule has 0 aliphatic carbocycles. The molecule has 0 aliphatic heterocycles. The Morgan fingerprint density at radius 2 is 2.43 bits per heavy atom. The molecular weight excluding hydrogens is 178 g/mol. The number of nitrogens with zero attached hydrogens (tertiary/aromatic N) is 2. The van der Waals surface area contributed by atoms with Gasteiger partial charge in [-0.25, -0.2) is 0 Å². The summed E-state index contributed by atoms with van der Waals surface area (Å²) in [5, 5.41) is 8.83. The molecule has 0 radical (unpaired) electrons. The largest absolute Gasteiger partial charge is 0.395 e. The van der Waals surface area contributed by atoms with Gasteiger partial charge in [0, 0.05) is 31.5 Å². The highest BCUT2D eigenvalue weighted by Crippen LogP contribution is 2.15. The van der Waals surface area contributed by atoms with E-state index >= 15 is 0 Å². The zero-order valence-electron chi connectivity index (χ0n) is 8.43. The van der Waals surface area contributed by atoms with Crippen molar-refractivity contribution in [2.45, 2.75) is 6.04 Å². The van der Waals surface area contributed by atoms with Crippen LogP contribution in [0.4, 0.5) is 0 Å². The average molecular weight is 195 g/mol. The molecule has 3 N–H and O–H groups in total. The predicted octanol–water partition coefficient (Wildman–Crippen LogP) is 0.00550. The van der Waals surface area contributed by atoms with E-state index < -0.39 is 0 Å². The molecule has 1 heterocycles. The van der Waals surface area contributed by atoms with E-state index in [4.69, 9.17) is 10.8 Å². The number of likely N-dealkylation sites (N-methyl/N-ethyl adjacent to an activating group) is 1. The van der Waals surface area contributed by atoms with Crippen LogP contribution in [0.15, 0.2) is 24.5 Å². The average Bonchev–Trinajstić information content (AvgIpc) is 2.21. The number of aromatic nitrogens is 1. The summed E-state index contributed by atoms with van der Waals surface area (Å²) in [7, 11) is 1.95. The molecule has 1 aromatic rings. The monoisotopic (exact) mass is 195 g/mol. The molecule has 1 unspecified atom stereocenters. The number of rotatable bonds is 5. The minimum Gasteiger partial charge on any atom is -0.395 e. The number of pyridine rings is 1. The van der Waals surface area contributed by atoms with Gasteiger partial charge in [-0.1, -0.05) is 6.07 Å². The lowest BCUT2D eigenvalue weighted by atomic mass is 10.1. The topological polar surface area (TPSA) is 62.4 Å². The van der Waals surface area contributed by atoms with E-state index in [9.17, 15) is 0 Å². The van der Waals surface area contributed by atoms with Crippen LogP contribution in [0.1, 0.15) is 11.6 Å². The number of hydrogen-bond acceptors (Lipinski definition) is 4. The van der Waals surface area contributed by atoms with Crippen LogP contribution in [0.2, 0.25) is 0 Å². The third-order valence-corrected chi connectivity index (χ3v) is 2.28. The van der Waals surface area contributed by atoms with Crippen LogP contribution in [0, 0.1) is 0 Å². The van der Waals surface area contributed by atoms with Crippen LogP contribution < -0.4 is 5.73 Å². The summed E-state index contributed by atoms with van der Waals surface area (Å²) in [6, 6.07) is 4.03. The molecule has 0 saturated carbocycles. The summed E-state index contributed by atoms with van der Waals surface area (Å²) in [6.45, 7) is 1.30. The van der Waals surface area contributed by atoms with E-state index in [1.807, 2.05) is 30.3 Å². The van der Waals surface area contributed by atoms with E-state index in [1.165, 1.54) is 0 Å². The second-order valence-electron chi connectivity index (χ2n) is 3.24. The second-order valence-corrected chi connectivity index (χ2v) is 3.24. The Morgan fingerprint density at radius 1 is 1.64 bits per heavy atom. The van der Waals surface area contributed by atoms with Gasteiger partial charge in [-0.15, -0.1) is 0 Å². The van der Waals surface area contributed by atoms with E-state index in [0.29, 0.717) is 13.1 Å². The summed E-state index contributed by atoms with van der Waals surface area (Å²) in [5.74, 6) is 0. The molecule has 0 aliphatic rings. The SMILES string of the molecule is CN(CCO)C(CN)c1cccnc1. The Bertz CT molecular complexity index is 253. The zero-order valence-corrected chi connectivity index (χ0v) is 8.43. The summed E-state index contributed by atoms with van der Waals surface area (Å²) >= 11 is 0. The number of hydrogen-bond donors (Lipinski definition) is 2. The zero-order chi connectivity index (χ0) is 10.4. The first-order valence-electron chi connectivity index (χ1n) is 4.70. The van der Waals surface area contributed by atoms with Crippen molar-refractivity contribution < 1.29 is 5.11 Å². The van der Waals surface area contributed by atoms with Gasteiger partial charge >= 0.3 is 0 Å². The Balaban J connectivity index is 2.71. The van der Waals surface area contributed by atoms with Crippen molar-refractivity contribution in [2.75, 3.05) is 26.7 Å². The molecule has 14 heavy (non-hydrogen) atoms.